The van der Waals surface area contributed by atoms with Crippen LogP contribution in [0.1, 0.15) is 12.5 Å². The molecule has 1 aromatic carbocycles. The summed E-state index contributed by atoms with van der Waals surface area (Å²) in [4.78, 5) is 0. The number of nitriles is 1. The minimum Gasteiger partial charge on any atom is -0.206 e. The van der Waals surface area contributed by atoms with E-state index in [-0.39, 0.29) is 0 Å². The second-order valence-electron chi connectivity index (χ2n) is 2.47. The smallest absolute Gasteiger partial charge is 0.206 e. The Balaban J connectivity index is 0.000000673. The van der Waals surface area contributed by atoms with Crippen LogP contribution in [0.15, 0.2) is 12.1 Å². The van der Waals surface area contributed by atoms with Crippen molar-refractivity contribution in [3.05, 3.63) is 34.4 Å². The van der Waals surface area contributed by atoms with E-state index in [4.69, 9.17) is 16.9 Å². The van der Waals surface area contributed by atoms with Gasteiger partial charge in [-0.25, -0.2) is 8.78 Å². The van der Waals surface area contributed by atoms with E-state index in [1.165, 1.54) is 6.92 Å². The third-order valence-electron chi connectivity index (χ3n) is 1.29. The third-order valence-corrected chi connectivity index (χ3v) is 1.51. The predicted molar refractivity (Wildman–Crippen MR) is 47.7 cm³/mol. The fourth-order valence-corrected chi connectivity index (χ4v) is 1.00. The van der Waals surface area contributed by atoms with E-state index < -0.39 is 28.4 Å². The SMILES string of the molecule is CC#N.Fc1cc(Cl)cc(F)c1C(F)(F)F. The van der Waals surface area contributed by atoms with Crippen molar-refractivity contribution < 1.29 is 22.0 Å². The second-order valence-corrected chi connectivity index (χ2v) is 2.90. The molecule has 0 saturated heterocycles. The Bertz CT molecular complexity index is 384. The summed E-state index contributed by atoms with van der Waals surface area (Å²) in [5.41, 5.74) is -1.92. The first kappa shape index (κ1) is 14.6. The molecule has 0 bridgehead atoms. The van der Waals surface area contributed by atoms with Gasteiger partial charge in [0.2, 0.25) is 0 Å². The quantitative estimate of drug-likeness (QED) is 0.640. The fraction of sp³-hybridized carbons (Fsp3) is 0.222. The molecular formula is C9H5ClF5N. The van der Waals surface area contributed by atoms with Crippen LogP contribution in [0.3, 0.4) is 0 Å². The van der Waals surface area contributed by atoms with Crippen molar-refractivity contribution in [1.29, 1.82) is 5.26 Å². The summed E-state index contributed by atoms with van der Waals surface area (Å²) >= 11 is 5.12. The van der Waals surface area contributed by atoms with Crippen LogP contribution in [-0.2, 0) is 6.18 Å². The van der Waals surface area contributed by atoms with Gasteiger partial charge in [-0.15, -0.1) is 0 Å². The molecule has 0 spiro atoms. The summed E-state index contributed by atoms with van der Waals surface area (Å²) in [7, 11) is 0. The lowest BCUT2D eigenvalue weighted by atomic mass is 10.2. The molecule has 1 rings (SSSR count). The van der Waals surface area contributed by atoms with Gasteiger partial charge in [0.1, 0.15) is 17.2 Å². The van der Waals surface area contributed by atoms with E-state index in [9.17, 15) is 22.0 Å². The van der Waals surface area contributed by atoms with Crippen LogP contribution in [0.25, 0.3) is 0 Å². The molecule has 0 heterocycles. The number of hydrogen-bond donors (Lipinski definition) is 0. The highest BCUT2D eigenvalue weighted by molar-refractivity contribution is 6.30. The Morgan fingerprint density at radius 2 is 1.50 bits per heavy atom. The number of halogens is 6. The summed E-state index contributed by atoms with van der Waals surface area (Å²) in [6.07, 6.45) is -5.04. The van der Waals surface area contributed by atoms with Crippen molar-refractivity contribution in [3.63, 3.8) is 0 Å². The average molecular weight is 258 g/mol. The maximum atomic E-state index is 12.6. The van der Waals surface area contributed by atoms with E-state index in [1.807, 2.05) is 0 Å². The van der Waals surface area contributed by atoms with Crippen LogP contribution in [0.5, 0.6) is 0 Å². The molecule has 1 nitrogen and oxygen atoms in total. The largest absolute Gasteiger partial charge is 0.422 e. The Morgan fingerprint density at radius 1 is 1.19 bits per heavy atom. The molecule has 0 amide bonds. The van der Waals surface area contributed by atoms with E-state index in [1.54, 1.807) is 6.07 Å². The fourth-order valence-electron chi connectivity index (χ4n) is 0.813. The van der Waals surface area contributed by atoms with Gasteiger partial charge in [0.05, 0.1) is 6.07 Å². The Hall–Kier alpha value is -1.35. The summed E-state index contributed by atoms with van der Waals surface area (Å²) < 4.78 is 60.9. The van der Waals surface area contributed by atoms with Crippen LogP contribution < -0.4 is 0 Å². The van der Waals surface area contributed by atoms with Gasteiger partial charge in [-0.05, 0) is 12.1 Å². The predicted octanol–water partition coefficient (Wildman–Crippen LogP) is 4.17. The van der Waals surface area contributed by atoms with Crippen molar-refractivity contribution in [2.45, 2.75) is 13.1 Å². The Labute approximate surface area is 93.1 Å². The van der Waals surface area contributed by atoms with Crippen LogP contribution in [0, 0.1) is 23.0 Å². The highest BCUT2D eigenvalue weighted by Gasteiger charge is 2.37. The van der Waals surface area contributed by atoms with Gasteiger partial charge in [-0.3, -0.25) is 0 Å². The standard InChI is InChI=1S/C7H2ClF5.C2H3N/c8-3-1-4(9)6(5(10)2-3)7(11,12)13;1-2-3/h1-2H;1H3. The molecule has 0 aliphatic heterocycles. The highest BCUT2D eigenvalue weighted by atomic mass is 35.5. The molecule has 88 valence electrons. The number of rotatable bonds is 0. The lowest BCUT2D eigenvalue weighted by Crippen LogP contribution is -2.11. The van der Waals surface area contributed by atoms with E-state index in [2.05, 4.69) is 0 Å². The van der Waals surface area contributed by atoms with E-state index in [0.717, 1.165) is 0 Å². The summed E-state index contributed by atoms with van der Waals surface area (Å²) in [6, 6.07) is 2.57. The van der Waals surface area contributed by atoms with Crippen molar-refractivity contribution >= 4 is 11.6 Å². The zero-order valence-electron chi connectivity index (χ0n) is 7.87. The molecule has 7 heteroatoms. The average Bonchev–Trinajstić information content (AvgIpc) is 1.99. The monoisotopic (exact) mass is 257 g/mol. The number of benzene rings is 1. The van der Waals surface area contributed by atoms with Gasteiger partial charge >= 0.3 is 6.18 Å². The second kappa shape index (κ2) is 5.66. The molecule has 1 aromatic rings. The summed E-state index contributed by atoms with van der Waals surface area (Å²) in [5.74, 6) is -3.42. The van der Waals surface area contributed by atoms with Crippen LogP contribution in [0.4, 0.5) is 22.0 Å². The minimum absolute atomic E-state index is 0.410. The first-order chi connectivity index (χ1) is 7.23. The van der Waals surface area contributed by atoms with Gasteiger partial charge in [0, 0.05) is 11.9 Å². The third kappa shape index (κ3) is 4.03. The molecule has 0 fully saturated rings. The molecule has 0 N–H and O–H groups in total. The summed E-state index contributed by atoms with van der Waals surface area (Å²) in [5, 5.41) is 6.91. The Kier molecular flexibility index (Phi) is 5.18. The topological polar surface area (TPSA) is 23.8 Å². The maximum absolute atomic E-state index is 12.6. The van der Waals surface area contributed by atoms with Crippen molar-refractivity contribution in [2.75, 3.05) is 0 Å². The van der Waals surface area contributed by atoms with Crippen LogP contribution in [0.2, 0.25) is 5.02 Å². The van der Waals surface area contributed by atoms with Crippen LogP contribution in [-0.4, -0.2) is 0 Å². The van der Waals surface area contributed by atoms with Crippen molar-refractivity contribution in [2.24, 2.45) is 0 Å². The lowest BCUT2D eigenvalue weighted by molar-refractivity contribution is -0.142. The van der Waals surface area contributed by atoms with Gasteiger partial charge < -0.3 is 0 Å². The van der Waals surface area contributed by atoms with Gasteiger partial charge in [0.25, 0.3) is 0 Å². The first-order valence-corrected chi connectivity index (χ1v) is 4.14. The highest BCUT2D eigenvalue weighted by Crippen LogP contribution is 2.34. The number of nitrogens with zero attached hydrogens (tertiary/aromatic N) is 1. The molecule has 0 atom stereocenters. The molecule has 0 aliphatic rings. The number of hydrogen-bond acceptors (Lipinski definition) is 1. The maximum Gasteiger partial charge on any atom is 0.422 e. The van der Waals surface area contributed by atoms with Gasteiger partial charge in [0.15, 0.2) is 0 Å². The molecule has 0 unspecified atom stereocenters. The lowest BCUT2D eigenvalue weighted by Gasteiger charge is -2.08. The van der Waals surface area contributed by atoms with Crippen molar-refractivity contribution in [3.8, 4) is 6.07 Å². The zero-order valence-corrected chi connectivity index (χ0v) is 8.63. The zero-order chi connectivity index (χ0) is 12.9. The molecule has 0 saturated carbocycles. The van der Waals surface area contributed by atoms with Gasteiger partial charge in [-0.1, -0.05) is 11.6 Å². The molecular weight excluding hydrogens is 253 g/mol. The first-order valence-electron chi connectivity index (χ1n) is 3.76. The number of alkyl halides is 3. The normalized spacial score (nSPS) is 10.1. The molecule has 16 heavy (non-hydrogen) atoms. The molecule has 0 radical (unpaired) electrons. The molecule has 0 aliphatic carbocycles. The Morgan fingerprint density at radius 3 is 1.75 bits per heavy atom. The van der Waals surface area contributed by atoms with E-state index in [0.29, 0.717) is 12.1 Å². The van der Waals surface area contributed by atoms with Crippen molar-refractivity contribution in [1.82, 2.24) is 0 Å². The van der Waals surface area contributed by atoms with Gasteiger partial charge in [-0.2, -0.15) is 18.4 Å². The van der Waals surface area contributed by atoms with Crippen LogP contribution >= 0.6 is 11.6 Å². The molecule has 0 aromatic heterocycles. The minimum atomic E-state index is -5.04. The van der Waals surface area contributed by atoms with E-state index >= 15 is 0 Å². The summed E-state index contributed by atoms with van der Waals surface area (Å²) in [6.45, 7) is 1.43.